The summed E-state index contributed by atoms with van der Waals surface area (Å²) in [6.45, 7) is 0.720. The first-order valence-electron chi connectivity index (χ1n) is 6.24. The van der Waals surface area contributed by atoms with Gasteiger partial charge in [0.25, 0.3) is 0 Å². The van der Waals surface area contributed by atoms with Crippen LogP contribution in [-0.4, -0.2) is 32.0 Å². The van der Waals surface area contributed by atoms with E-state index >= 15 is 0 Å². The summed E-state index contributed by atoms with van der Waals surface area (Å²) >= 11 is 3.36. The Bertz CT molecular complexity index is 410. The maximum atomic E-state index is 11.7. The number of nitrogens with one attached hydrogen (secondary N) is 1. The highest BCUT2D eigenvalue weighted by molar-refractivity contribution is 9.09. The summed E-state index contributed by atoms with van der Waals surface area (Å²) in [5, 5.41) is 3.87. The lowest BCUT2D eigenvalue weighted by Crippen LogP contribution is -2.26. The van der Waals surface area contributed by atoms with Crippen molar-refractivity contribution in [3.05, 3.63) is 23.8 Å². The zero-order valence-corrected chi connectivity index (χ0v) is 13.0. The number of carbonyl (C=O) groups is 1. The second-order valence-corrected chi connectivity index (χ2v) is 4.91. The van der Waals surface area contributed by atoms with Crippen molar-refractivity contribution < 1.29 is 14.3 Å². The number of unbranched alkanes of at least 4 members (excludes halogenated alkanes) is 1. The van der Waals surface area contributed by atoms with Gasteiger partial charge in [-0.25, -0.2) is 0 Å². The topological polar surface area (TPSA) is 47.6 Å². The third-order valence-corrected chi connectivity index (χ3v) is 3.26. The molecule has 0 atom stereocenters. The number of benzene rings is 1. The van der Waals surface area contributed by atoms with E-state index < -0.39 is 0 Å². The Morgan fingerprint density at radius 2 is 1.95 bits per heavy atom. The minimum absolute atomic E-state index is 0.0294. The normalized spacial score (nSPS) is 10.1. The molecule has 1 aromatic carbocycles. The second kappa shape index (κ2) is 8.80. The van der Waals surface area contributed by atoms with E-state index in [2.05, 4.69) is 21.2 Å². The van der Waals surface area contributed by atoms with Gasteiger partial charge in [-0.3, -0.25) is 4.79 Å². The van der Waals surface area contributed by atoms with E-state index in [1.807, 2.05) is 18.2 Å². The fourth-order valence-electron chi connectivity index (χ4n) is 1.69. The fourth-order valence-corrected chi connectivity index (χ4v) is 2.08. The standard InChI is InChI=1S/C14H20BrNO3/c1-18-12-6-5-11(9-13(12)19-2)10-14(17)16-8-4-3-7-15/h5-6,9H,3-4,7-8,10H2,1-2H3,(H,16,17). The summed E-state index contributed by atoms with van der Waals surface area (Å²) in [7, 11) is 3.18. The molecule has 0 radical (unpaired) electrons. The molecule has 0 spiro atoms. The molecular formula is C14H20BrNO3. The first kappa shape index (κ1) is 15.8. The lowest BCUT2D eigenvalue weighted by molar-refractivity contribution is -0.120. The van der Waals surface area contributed by atoms with Gasteiger partial charge in [0.05, 0.1) is 20.6 Å². The number of carbonyl (C=O) groups excluding carboxylic acids is 1. The maximum Gasteiger partial charge on any atom is 0.224 e. The first-order valence-corrected chi connectivity index (χ1v) is 7.37. The Morgan fingerprint density at radius 3 is 2.58 bits per heavy atom. The number of amides is 1. The van der Waals surface area contributed by atoms with Crippen LogP contribution in [-0.2, 0) is 11.2 Å². The van der Waals surface area contributed by atoms with Gasteiger partial charge in [0.2, 0.25) is 5.91 Å². The number of halogens is 1. The van der Waals surface area contributed by atoms with Gasteiger partial charge in [-0.15, -0.1) is 0 Å². The Hall–Kier alpha value is -1.23. The number of rotatable bonds is 8. The number of hydrogen-bond donors (Lipinski definition) is 1. The van der Waals surface area contributed by atoms with Gasteiger partial charge in [-0.2, -0.15) is 0 Å². The Morgan fingerprint density at radius 1 is 1.21 bits per heavy atom. The molecule has 4 nitrogen and oxygen atoms in total. The van der Waals surface area contributed by atoms with Gasteiger partial charge in [0.15, 0.2) is 11.5 Å². The Balaban J connectivity index is 2.50. The average Bonchev–Trinajstić information content (AvgIpc) is 2.43. The van der Waals surface area contributed by atoms with E-state index in [0.717, 1.165) is 30.3 Å². The van der Waals surface area contributed by atoms with Gasteiger partial charge < -0.3 is 14.8 Å². The lowest BCUT2D eigenvalue weighted by Gasteiger charge is -2.09. The zero-order valence-electron chi connectivity index (χ0n) is 11.4. The lowest BCUT2D eigenvalue weighted by atomic mass is 10.1. The van der Waals surface area contributed by atoms with E-state index in [0.29, 0.717) is 17.9 Å². The molecule has 0 aromatic heterocycles. The van der Waals surface area contributed by atoms with Crippen molar-refractivity contribution in [2.24, 2.45) is 0 Å². The number of alkyl halides is 1. The molecule has 0 saturated carbocycles. The molecule has 0 aliphatic heterocycles. The van der Waals surface area contributed by atoms with Crippen LogP contribution in [0.3, 0.4) is 0 Å². The van der Waals surface area contributed by atoms with Crippen LogP contribution in [0.15, 0.2) is 18.2 Å². The molecule has 0 saturated heterocycles. The largest absolute Gasteiger partial charge is 0.493 e. The first-order chi connectivity index (χ1) is 9.21. The fraction of sp³-hybridized carbons (Fsp3) is 0.500. The molecule has 0 bridgehead atoms. The van der Waals surface area contributed by atoms with Gasteiger partial charge in [0.1, 0.15) is 0 Å². The smallest absolute Gasteiger partial charge is 0.224 e. The molecule has 1 aromatic rings. The van der Waals surface area contributed by atoms with Crippen molar-refractivity contribution in [2.75, 3.05) is 26.1 Å². The Kier molecular flexibility index (Phi) is 7.33. The van der Waals surface area contributed by atoms with Crippen LogP contribution in [0, 0.1) is 0 Å². The van der Waals surface area contributed by atoms with E-state index in [-0.39, 0.29) is 5.91 Å². The third kappa shape index (κ3) is 5.51. The van der Waals surface area contributed by atoms with Crippen LogP contribution in [0.5, 0.6) is 11.5 Å². The SMILES string of the molecule is COc1ccc(CC(=O)NCCCCBr)cc1OC. The van der Waals surface area contributed by atoms with Crippen LogP contribution >= 0.6 is 15.9 Å². The molecule has 19 heavy (non-hydrogen) atoms. The van der Waals surface area contributed by atoms with Crippen LogP contribution in [0.2, 0.25) is 0 Å². The van der Waals surface area contributed by atoms with Crippen molar-refractivity contribution >= 4 is 21.8 Å². The maximum absolute atomic E-state index is 11.7. The molecular weight excluding hydrogens is 310 g/mol. The quantitative estimate of drug-likeness (QED) is 0.589. The van der Waals surface area contributed by atoms with Crippen LogP contribution in [0.25, 0.3) is 0 Å². The minimum atomic E-state index is 0.0294. The average molecular weight is 330 g/mol. The van der Waals surface area contributed by atoms with Crippen molar-refractivity contribution in [3.63, 3.8) is 0 Å². The summed E-state index contributed by atoms with van der Waals surface area (Å²) < 4.78 is 10.4. The van der Waals surface area contributed by atoms with E-state index in [9.17, 15) is 4.79 Å². The molecule has 0 unspecified atom stereocenters. The van der Waals surface area contributed by atoms with Gasteiger partial charge in [0, 0.05) is 11.9 Å². The zero-order chi connectivity index (χ0) is 14.1. The van der Waals surface area contributed by atoms with Crippen LogP contribution in [0.1, 0.15) is 18.4 Å². The van der Waals surface area contributed by atoms with Crippen LogP contribution < -0.4 is 14.8 Å². The Labute approximate surface area is 122 Å². The summed E-state index contributed by atoms with van der Waals surface area (Å²) in [6.07, 6.45) is 2.41. The highest BCUT2D eigenvalue weighted by Gasteiger charge is 2.07. The molecule has 5 heteroatoms. The monoisotopic (exact) mass is 329 g/mol. The predicted molar refractivity (Wildman–Crippen MR) is 79.3 cm³/mol. The van der Waals surface area contributed by atoms with Gasteiger partial charge in [-0.05, 0) is 30.5 Å². The summed E-state index contributed by atoms with van der Waals surface area (Å²) in [5.74, 6) is 1.35. The second-order valence-electron chi connectivity index (χ2n) is 4.11. The van der Waals surface area contributed by atoms with Crippen LogP contribution in [0.4, 0.5) is 0 Å². The molecule has 0 heterocycles. The minimum Gasteiger partial charge on any atom is -0.493 e. The van der Waals surface area contributed by atoms with Crippen molar-refractivity contribution in [1.82, 2.24) is 5.32 Å². The summed E-state index contributed by atoms with van der Waals surface area (Å²) in [5.41, 5.74) is 0.913. The molecule has 0 aliphatic rings. The molecule has 1 N–H and O–H groups in total. The predicted octanol–water partition coefficient (Wildman–Crippen LogP) is 2.54. The molecule has 0 fully saturated rings. The molecule has 1 amide bonds. The number of ether oxygens (including phenoxy) is 2. The van der Waals surface area contributed by atoms with Crippen molar-refractivity contribution in [2.45, 2.75) is 19.3 Å². The third-order valence-electron chi connectivity index (χ3n) is 2.70. The van der Waals surface area contributed by atoms with Gasteiger partial charge >= 0.3 is 0 Å². The highest BCUT2D eigenvalue weighted by atomic mass is 79.9. The van der Waals surface area contributed by atoms with Crippen molar-refractivity contribution in [3.8, 4) is 11.5 Å². The van der Waals surface area contributed by atoms with E-state index in [1.165, 1.54) is 0 Å². The molecule has 0 aliphatic carbocycles. The highest BCUT2D eigenvalue weighted by Crippen LogP contribution is 2.27. The van der Waals surface area contributed by atoms with E-state index in [4.69, 9.17) is 9.47 Å². The number of hydrogen-bond acceptors (Lipinski definition) is 3. The summed E-state index contributed by atoms with van der Waals surface area (Å²) in [6, 6.07) is 5.52. The molecule has 106 valence electrons. The number of methoxy groups -OCH3 is 2. The van der Waals surface area contributed by atoms with E-state index in [1.54, 1.807) is 14.2 Å². The molecule has 1 rings (SSSR count). The van der Waals surface area contributed by atoms with Gasteiger partial charge in [-0.1, -0.05) is 22.0 Å². The van der Waals surface area contributed by atoms with Crippen molar-refractivity contribution in [1.29, 1.82) is 0 Å². The summed E-state index contributed by atoms with van der Waals surface area (Å²) in [4.78, 5) is 11.7.